The van der Waals surface area contributed by atoms with Crippen LogP contribution in [0.3, 0.4) is 0 Å². The molecular weight excluding hydrogens is 414 g/mol. The Bertz CT molecular complexity index is 1050. The highest BCUT2D eigenvalue weighted by molar-refractivity contribution is 6.08. The second-order valence-corrected chi connectivity index (χ2v) is 10.5. The van der Waals surface area contributed by atoms with Crippen LogP contribution in [-0.2, 0) is 26.2 Å². The molecule has 2 N–H and O–H groups in total. The van der Waals surface area contributed by atoms with Crippen molar-refractivity contribution in [3.63, 3.8) is 0 Å². The Morgan fingerprint density at radius 3 is 2.76 bits per heavy atom. The number of nitrogens with zero attached hydrogens (tertiary/aromatic N) is 2. The van der Waals surface area contributed by atoms with Crippen LogP contribution in [0.15, 0.2) is 23.2 Å². The van der Waals surface area contributed by atoms with E-state index in [9.17, 15) is 4.79 Å². The highest BCUT2D eigenvalue weighted by atomic mass is 16.5. The molecule has 1 saturated heterocycles. The summed E-state index contributed by atoms with van der Waals surface area (Å²) in [5, 5.41) is 0. The van der Waals surface area contributed by atoms with Gasteiger partial charge < -0.3 is 15.2 Å². The zero-order chi connectivity index (χ0) is 22.6. The average Bonchev–Trinajstić information content (AvgIpc) is 3.36. The number of ether oxygens (including phenoxy) is 2. The van der Waals surface area contributed by atoms with Crippen LogP contribution in [0.2, 0.25) is 0 Å². The predicted molar refractivity (Wildman–Crippen MR) is 125 cm³/mol. The zero-order valence-electron chi connectivity index (χ0n) is 19.4. The largest absolute Gasteiger partial charge is 0.381 e. The smallest absolute Gasteiger partial charge is 0.262 e. The quantitative estimate of drug-likeness (QED) is 0.723. The Morgan fingerprint density at radius 2 is 2.06 bits per heavy atom. The number of carbonyl (C=O) groups is 1. The van der Waals surface area contributed by atoms with Crippen molar-refractivity contribution in [1.82, 2.24) is 4.90 Å². The summed E-state index contributed by atoms with van der Waals surface area (Å²) in [4.78, 5) is 21.1. The molecule has 33 heavy (non-hydrogen) atoms. The molecule has 1 aromatic carbocycles. The van der Waals surface area contributed by atoms with E-state index in [1.807, 2.05) is 0 Å². The SMILES string of the molecule is COC1CCC2(CC1)Cc1ccc(C#CC3CC3)cc1[C@]21N=C(N)N(C[C@@H]2CCCO2)C1=O. The van der Waals surface area contributed by atoms with E-state index < -0.39 is 5.54 Å². The van der Waals surface area contributed by atoms with Crippen LogP contribution in [0, 0.1) is 23.2 Å². The Kier molecular flexibility index (Phi) is 5.04. The fourth-order valence-corrected chi connectivity index (χ4v) is 6.52. The van der Waals surface area contributed by atoms with E-state index in [2.05, 4.69) is 30.0 Å². The summed E-state index contributed by atoms with van der Waals surface area (Å²) in [6.07, 6.45) is 9.21. The minimum absolute atomic E-state index is 0.0254. The summed E-state index contributed by atoms with van der Waals surface area (Å²) in [6.45, 7) is 1.24. The first-order valence-corrected chi connectivity index (χ1v) is 12.5. The Labute approximate surface area is 195 Å². The molecular formula is C27H33N3O3. The summed E-state index contributed by atoms with van der Waals surface area (Å²) in [6, 6.07) is 6.41. The van der Waals surface area contributed by atoms with Crippen LogP contribution in [0.1, 0.15) is 68.1 Å². The Hall–Kier alpha value is -2.36. The molecule has 1 aromatic rings. The van der Waals surface area contributed by atoms with E-state index in [0.717, 1.165) is 62.7 Å². The Balaban J connectivity index is 1.42. The van der Waals surface area contributed by atoms with Crippen molar-refractivity contribution in [2.75, 3.05) is 20.3 Å². The molecule has 2 atom stereocenters. The number of aliphatic imine (C=N–C) groups is 1. The molecule has 2 saturated carbocycles. The van der Waals surface area contributed by atoms with Crippen molar-refractivity contribution in [1.29, 1.82) is 0 Å². The van der Waals surface area contributed by atoms with Gasteiger partial charge in [-0.05, 0) is 81.0 Å². The van der Waals surface area contributed by atoms with Crippen molar-refractivity contribution in [3.05, 3.63) is 34.9 Å². The minimum atomic E-state index is -0.957. The van der Waals surface area contributed by atoms with E-state index in [4.69, 9.17) is 20.2 Å². The molecule has 0 radical (unpaired) electrons. The third-order valence-electron chi connectivity index (χ3n) is 8.54. The van der Waals surface area contributed by atoms with Gasteiger partial charge in [0.05, 0.1) is 18.8 Å². The third kappa shape index (κ3) is 3.32. The van der Waals surface area contributed by atoms with Gasteiger partial charge in [-0.15, -0.1) is 0 Å². The lowest BCUT2D eigenvalue weighted by Crippen LogP contribution is -2.53. The summed E-state index contributed by atoms with van der Waals surface area (Å²) >= 11 is 0. The van der Waals surface area contributed by atoms with Crippen molar-refractivity contribution in [3.8, 4) is 11.8 Å². The van der Waals surface area contributed by atoms with Gasteiger partial charge >= 0.3 is 0 Å². The van der Waals surface area contributed by atoms with E-state index in [0.29, 0.717) is 18.4 Å². The lowest BCUT2D eigenvalue weighted by molar-refractivity contribution is -0.139. The van der Waals surface area contributed by atoms with Gasteiger partial charge in [0.25, 0.3) is 5.91 Å². The molecule has 6 nitrogen and oxygen atoms in total. The van der Waals surface area contributed by atoms with Gasteiger partial charge in [0.15, 0.2) is 11.5 Å². The van der Waals surface area contributed by atoms with Crippen molar-refractivity contribution in [2.45, 2.75) is 75.5 Å². The summed E-state index contributed by atoms with van der Waals surface area (Å²) in [7, 11) is 1.78. The first-order chi connectivity index (χ1) is 16.0. The van der Waals surface area contributed by atoms with Gasteiger partial charge in [-0.1, -0.05) is 17.9 Å². The first kappa shape index (κ1) is 21.2. The molecule has 2 aliphatic heterocycles. The van der Waals surface area contributed by atoms with E-state index in [1.54, 1.807) is 12.0 Å². The van der Waals surface area contributed by atoms with Crippen LogP contribution in [-0.4, -0.2) is 49.2 Å². The normalized spacial score (nSPS) is 35.1. The number of methoxy groups -OCH3 is 1. The number of guanidine groups is 1. The number of rotatable bonds is 3. The highest BCUT2D eigenvalue weighted by Gasteiger charge is 2.66. The van der Waals surface area contributed by atoms with Gasteiger partial charge in [0, 0.05) is 30.6 Å². The van der Waals surface area contributed by atoms with Crippen LogP contribution < -0.4 is 5.73 Å². The van der Waals surface area contributed by atoms with Gasteiger partial charge in [-0.3, -0.25) is 9.69 Å². The fourth-order valence-electron chi connectivity index (χ4n) is 6.52. The highest BCUT2D eigenvalue weighted by Crippen LogP contribution is 2.62. The van der Waals surface area contributed by atoms with E-state index in [-0.39, 0.29) is 23.5 Å². The van der Waals surface area contributed by atoms with E-state index in [1.165, 1.54) is 18.4 Å². The number of carbonyl (C=O) groups excluding carboxylic acids is 1. The molecule has 0 aromatic heterocycles. The molecule has 3 aliphatic carbocycles. The first-order valence-electron chi connectivity index (χ1n) is 12.5. The van der Waals surface area contributed by atoms with Crippen molar-refractivity contribution >= 4 is 11.9 Å². The van der Waals surface area contributed by atoms with Gasteiger partial charge in [-0.25, -0.2) is 4.99 Å². The maximum Gasteiger partial charge on any atom is 0.262 e. The van der Waals surface area contributed by atoms with Gasteiger partial charge in [-0.2, -0.15) is 0 Å². The summed E-state index contributed by atoms with van der Waals surface area (Å²) in [5.74, 6) is 7.62. The number of fused-ring (bicyclic) bond motifs is 3. The van der Waals surface area contributed by atoms with Crippen LogP contribution in [0.25, 0.3) is 0 Å². The standard InChI is InChI=1S/C27H33N3O3/c1-32-21-10-12-26(13-11-21)16-20-9-8-19(7-6-18-4-5-18)15-23(20)27(26)24(31)30(25(28)29-27)17-22-3-2-14-33-22/h8-9,15,18,21-22H,2-5,10-14,16-17H2,1H3,(H2,28,29)/t21?,22-,26?,27+/m0/s1. The second-order valence-electron chi connectivity index (χ2n) is 10.5. The maximum absolute atomic E-state index is 14.3. The molecule has 0 unspecified atom stereocenters. The molecule has 6 rings (SSSR count). The molecule has 174 valence electrons. The van der Waals surface area contributed by atoms with Crippen LogP contribution in [0.4, 0.5) is 0 Å². The molecule has 2 spiro atoms. The second kappa shape index (κ2) is 7.85. The topological polar surface area (TPSA) is 77.2 Å². The Morgan fingerprint density at radius 1 is 1.24 bits per heavy atom. The molecule has 3 fully saturated rings. The van der Waals surface area contributed by atoms with Gasteiger partial charge in [0.2, 0.25) is 0 Å². The maximum atomic E-state index is 14.3. The molecule has 0 bridgehead atoms. The van der Waals surface area contributed by atoms with Crippen molar-refractivity contribution < 1.29 is 14.3 Å². The monoisotopic (exact) mass is 447 g/mol. The molecule has 5 aliphatic rings. The average molecular weight is 448 g/mol. The summed E-state index contributed by atoms with van der Waals surface area (Å²) in [5.41, 5.74) is 8.48. The third-order valence-corrected chi connectivity index (χ3v) is 8.54. The van der Waals surface area contributed by atoms with Crippen LogP contribution >= 0.6 is 0 Å². The number of benzene rings is 1. The number of nitrogens with two attached hydrogens (primary N) is 1. The number of hydrogen-bond acceptors (Lipinski definition) is 5. The molecule has 1 amide bonds. The lowest BCUT2D eigenvalue weighted by Gasteiger charge is -2.45. The summed E-state index contributed by atoms with van der Waals surface area (Å²) < 4.78 is 11.5. The van der Waals surface area contributed by atoms with Crippen LogP contribution in [0.5, 0.6) is 0 Å². The van der Waals surface area contributed by atoms with Crippen molar-refractivity contribution in [2.24, 2.45) is 22.1 Å². The van der Waals surface area contributed by atoms with Gasteiger partial charge in [0.1, 0.15) is 0 Å². The number of amides is 1. The zero-order valence-corrected chi connectivity index (χ0v) is 19.4. The lowest BCUT2D eigenvalue weighted by atomic mass is 9.61. The fraction of sp³-hybridized carbons (Fsp3) is 0.630. The molecule has 2 heterocycles. The number of hydrogen-bond donors (Lipinski definition) is 1. The minimum Gasteiger partial charge on any atom is -0.381 e. The van der Waals surface area contributed by atoms with E-state index >= 15 is 0 Å². The predicted octanol–water partition coefficient (Wildman–Crippen LogP) is 3.11. The molecule has 6 heteroatoms.